The van der Waals surface area contributed by atoms with E-state index in [0.717, 1.165) is 16.7 Å². The summed E-state index contributed by atoms with van der Waals surface area (Å²) >= 11 is 0. The van der Waals surface area contributed by atoms with Crippen molar-refractivity contribution in [2.45, 2.75) is 0 Å². The maximum Gasteiger partial charge on any atom is 0.227 e. The molecule has 6 heteroatoms. The Morgan fingerprint density at radius 1 is 1.22 bits per heavy atom. The van der Waals surface area contributed by atoms with E-state index in [0.29, 0.717) is 12.5 Å². The lowest BCUT2D eigenvalue weighted by Gasteiger charge is -2.14. The van der Waals surface area contributed by atoms with Crippen molar-refractivity contribution in [2.24, 2.45) is 0 Å². The van der Waals surface area contributed by atoms with Gasteiger partial charge in [0.25, 0.3) is 0 Å². The molecular formula is C12H17ClN4O. The maximum absolute atomic E-state index is 8.86. The van der Waals surface area contributed by atoms with Crippen LogP contribution in [0, 0.1) is 0 Å². The van der Waals surface area contributed by atoms with Crippen molar-refractivity contribution >= 4 is 35.1 Å². The van der Waals surface area contributed by atoms with Crippen LogP contribution < -0.4 is 10.2 Å². The zero-order chi connectivity index (χ0) is 12.3. The number of anilines is 2. The van der Waals surface area contributed by atoms with Gasteiger partial charge in [-0.15, -0.1) is 12.4 Å². The molecule has 0 saturated carbocycles. The zero-order valence-electron chi connectivity index (χ0n) is 10.4. The van der Waals surface area contributed by atoms with Gasteiger partial charge in [0.1, 0.15) is 5.82 Å². The first-order valence-electron chi connectivity index (χ1n) is 5.51. The van der Waals surface area contributed by atoms with E-state index in [2.05, 4.69) is 15.3 Å². The van der Waals surface area contributed by atoms with E-state index >= 15 is 0 Å². The lowest BCUT2D eigenvalue weighted by Crippen LogP contribution is -2.15. The van der Waals surface area contributed by atoms with Crippen molar-refractivity contribution < 1.29 is 5.11 Å². The molecule has 0 spiro atoms. The first kappa shape index (κ1) is 14.5. The third kappa shape index (κ3) is 3.00. The molecule has 0 aliphatic heterocycles. The standard InChI is InChI=1S/C12H16N4O.ClH/c1-16(2)12-14-10-6-4-3-5-9(10)11(15-12)13-7-8-17;/h3-6,17H,7-8H2,1-2H3,(H,13,14,15);1H. The Hall–Kier alpha value is -1.59. The Balaban J connectivity index is 0.00000162. The van der Waals surface area contributed by atoms with Crippen molar-refractivity contribution in [1.29, 1.82) is 0 Å². The highest BCUT2D eigenvalue weighted by Gasteiger charge is 2.07. The second-order valence-corrected chi connectivity index (χ2v) is 3.93. The summed E-state index contributed by atoms with van der Waals surface area (Å²) in [4.78, 5) is 10.7. The highest BCUT2D eigenvalue weighted by molar-refractivity contribution is 5.90. The molecule has 1 heterocycles. The third-order valence-corrected chi connectivity index (χ3v) is 2.40. The normalized spacial score (nSPS) is 9.94. The number of hydrogen-bond acceptors (Lipinski definition) is 5. The number of aromatic nitrogens is 2. The summed E-state index contributed by atoms with van der Waals surface area (Å²) < 4.78 is 0. The van der Waals surface area contributed by atoms with Gasteiger partial charge in [0, 0.05) is 26.0 Å². The Morgan fingerprint density at radius 3 is 2.61 bits per heavy atom. The molecule has 2 aromatic rings. The fourth-order valence-corrected chi connectivity index (χ4v) is 1.57. The molecule has 2 rings (SSSR count). The fourth-order valence-electron chi connectivity index (χ4n) is 1.57. The van der Waals surface area contributed by atoms with Crippen LogP contribution in [-0.4, -0.2) is 42.3 Å². The summed E-state index contributed by atoms with van der Waals surface area (Å²) in [6, 6.07) is 7.82. The average molecular weight is 269 g/mol. The van der Waals surface area contributed by atoms with E-state index in [-0.39, 0.29) is 19.0 Å². The Labute approximate surface area is 112 Å². The van der Waals surface area contributed by atoms with Gasteiger partial charge in [0.05, 0.1) is 12.1 Å². The molecule has 0 saturated heterocycles. The second kappa shape index (κ2) is 6.37. The van der Waals surface area contributed by atoms with E-state index in [9.17, 15) is 0 Å². The number of aliphatic hydroxyl groups excluding tert-OH is 1. The van der Waals surface area contributed by atoms with Gasteiger partial charge >= 0.3 is 0 Å². The van der Waals surface area contributed by atoms with Crippen LogP contribution in [0.4, 0.5) is 11.8 Å². The van der Waals surface area contributed by atoms with Crippen LogP contribution in [0.25, 0.3) is 10.9 Å². The second-order valence-electron chi connectivity index (χ2n) is 3.93. The van der Waals surface area contributed by atoms with Gasteiger partial charge in [-0.25, -0.2) is 4.98 Å². The van der Waals surface area contributed by atoms with Crippen molar-refractivity contribution in [1.82, 2.24) is 9.97 Å². The highest BCUT2D eigenvalue weighted by Crippen LogP contribution is 2.22. The largest absolute Gasteiger partial charge is 0.395 e. The molecule has 0 amide bonds. The fraction of sp³-hybridized carbons (Fsp3) is 0.333. The number of benzene rings is 1. The minimum atomic E-state index is 0. The molecule has 0 aliphatic rings. The first-order valence-corrected chi connectivity index (χ1v) is 5.51. The molecule has 5 nitrogen and oxygen atoms in total. The molecule has 2 N–H and O–H groups in total. The van der Waals surface area contributed by atoms with Crippen molar-refractivity contribution in [3.05, 3.63) is 24.3 Å². The smallest absolute Gasteiger partial charge is 0.227 e. The molecule has 0 aliphatic carbocycles. The molecule has 1 aromatic heterocycles. The van der Waals surface area contributed by atoms with E-state index in [1.54, 1.807) is 0 Å². The zero-order valence-corrected chi connectivity index (χ0v) is 11.2. The van der Waals surface area contributed by atoms with Crippen LogP contribution in [-0.2, 0) is 0 Å². The first-order chi connectivity index (χ1) is 8.22. The third-order valence-electron chi connectivity index (χ3n) is 2.40. The number of hydrogen-bond donors (Lipinski definition) is 2. The maximum atomic E-state index is 8.86. The molecule has 0 bridgehead atoms. The Kier molecular flexibility index (Phi) is 5.12. The quantitative estimate of drug-likeness (QED) is 0.880. The van der Waals surface area contributed by atoms with Crippen LogP contribution >= 0.6 is 12.4 Å². The number of fused-ring (bicyclic) bond motifs is 1. The minimum absolute atomic E-state index is 0. The summed E-state index contributed by atoms with van der Waals surface area (Å²) in [6.07, 6.45) is 0. The van der Waals surface area contributed by atoms with Gasteiger partial charge in [0.2, 0.25) is 5.95 Å². The molecule has 0 atom stereocenters. The molecule has 98 valence electrons. The number of rotatable bonds is 4. The number of aliphatic hydroxyl groups is 1. The summed E-state index contributed by atoms with van der Waals surface area (Å²) in [5, 5.41) is 12.9. The van der Waals surface area contributed by atoms with Gasteiger partial charge < -0.3 is 15.3 Å². The predicted molar refractivity (Wildman–Crippen MR) is 76.7 cm³/mol. The monoisotopic (exact) mass is 268 g/mol. The molecular weight excluding hydrogens is 252 g/mol. The van der Waals surface area contributed by atoms with Crippen LogP contribution in [0.2, 0.25) is 0 Å². The molecule has 18 heavy (non-hydrogen) atoms. The summed E-state index contributed by atoms with van der Waals surface area (Å²) in [6.45, 7) is 0.559. The SMILES string of the molecule is CN(C)c1nc(NCCO)c2ccccc2n1.Cl. The van der Waals surface area contributed by atoms with E-state index in [1.165, 1.54) is 0 Å². The molecule has 0 radical (unpaired) electrons. The van der Waals surface area contributed by atoms with Gasteiger partial charge in [-0.05, 0) is 12.1 Å². The van der Waals surface area contributed by atoms with Gasteiger partial charge in [-0.1, -0.05) is 12.1 Å². The summed E-state index contributed by atoms with van der Waals surface area (Å²) in [5.74, 6) is 1.41. The van der Waals surface area contributed by atoms with Crippen molar-refractivity contribution in [2.75, 3.05) is 37.5 Å². The summed E-state index contributed by atoms with van der Waals surface area (Å²) in [5.41, 5.74) is 0.895. The van der Waals surface area contributed by atoms with Crippen LogP contribution in [0.5, 0.6) is 0 Å². The molecule has 0 unspecified atom stereocenters. The van der Waals surface area contributed by atoms with Gasteiger partial charge in [0.15, 0.2) is 0 Å². The summed E-state index contributed by atoms with van der Waals surface area (Å²) in [7, 11) is 3.81. The number of nitrogens with one attached hydrogen (secondary N) is 1. The topological polar surface area (TPSA) is 61.3 Å². The minimum Gasteiger partial charge on any atom is -0.395 e. The Bertz CT molecular complexity index is 518. The van der Waals surface area contributed by atoms with E-state index in [1.807, 2.05) is 43.3 Å². The average Bonchev–Trinajstić information content (AvgIpc) is 2.35. The molecule has 1 aromatic carbocycles. The lowest BCUT2D eigenvalue weighted by atomic mass is 10.2. The van der Waals surface area contributed by atoms with Gasteiger partial charge in [-0.2, -0.15) is 4.98 Å². The predicted octanol–water partition coefficient (Wildman–Crippen LogP) is 1.52. The number of halogens is 1. The number of nitrogens with zero attached hydrogens (tertiary/aromatic N) is 3. The Morgan fingerprint density at radius 2 is 1.94 bits per heavy atom. The lowest BCUT2D eigenvalue weighted by molar-refractivity contribution is 0.311. The highest BCUT2D eigenvalue weighted by atomic mass is 35.5. The molecule has 0 fully saturated rings. The number of para-hydroxylation sites is 1. The van der Waals surface area contributed by atoms with Crippen LogP contribution in [0.15, 0.2) is 24.3 Å². The van der Waals surface area contributed by atoms with Crippen LogP contribution in [0.3, 0.4) is 0 Å². The van der Waals surface area contributed by atoms with Crippen molar-refractivity contribution in [3.63, 3.8) is 0 Å². The van der Waals surface area contributed by atoms with Crippen LogP contribution in [0.1, 0.15) is 0 Å². The van der Waals surface area contributed by atoms with E-state index in [4.69, 9.17) is 5.11 Å². The van der Waals surface area contributed by atoms with Crippen molar-refractivity contribution in [3.8, 4) is 0 Å². The van der Waals surface area contributed by atoms with Gasteiger partial charge in [-0.3, -0.25) is 0 Å². The van der Waals surface area contributed by atoms with E-state index < -0.39 is 0 Å².